The van der Waals surface area contributed by atoms with Gasteiger partial charge in [0, 0.05) is 11.1 Å². The minimum atomic E-state index is 0.889. The molecule has 0 amide bonds. The fraction of sp³-hybridized carbons (Fsp3) is 0. The summed E-state index contributed by atoms with van der Waals surface area (Å²) in [4.78, 5) is 0. The van der Waals surface area contributed by atoms with E-state index in [1.165, 1.54) is 22.3 Å². The largest absolute Gasteiger partial charge is 0.456 e. The first-order chi connectivity index (χ1) is 15.9. The lowest BCUT2D eigenvalue weighted by molar-refractivity contribution is 0.669. The SMILES string of the molecule is c1ccc(-c2ccc(Nc3cccc4oc5ccccc5c34)cc2-c2ccccc2)cc1. The Morgan fingerprint density at radius 2 is 1.16 bits per heavy atom. The first kappa shape index (κ1) is 18.5. The molecular formula is C30H21NO. The van der Waals surface area contributed by atoms with Gasteiger partial charge in [-0.2, -0.15) is 0 Å². The Labute approximate surface area is 186 Å². The maximum atomic E-state index is 6.06. The molecule has 6 rings (SSSR count). The molecular weight excluding hydrogens is 390 g/mol. The molecule has 0 aliphatic heterocycles. The van der Waals surface area contributed by atoms with E-state index in [9.17, 15) is 0 Å². The van der Waals surface area contributed by atoms with Gasteiger partial charge in [-0.1, -0.05) is 91.0 Å². The summed E-state index contributed by atoms with van der Waals surface area (Å²) in [5.41, 5.74) is 8.70. The first-order valence-corrected chi connectivity index (χ1v) is 10.8. The first-order valence-electron chi connectivity index (χ1n) is 10.8. The molecule has 1 aromatic heterocycles. The van der Waals surface area contributed by atoms with Crippen molar-refractivity contribution in [2.24, 2.45) is 0 Å². The Hall–Kier alpha value is -4.30. The quantitative estimate of drug-likeness (QED) is 0.314. The minimum Gasteiger partial charge on any atom is -0.456 e. The van der Waals surface area contributed by atoms with Crippen molar-refractivity contribution in [3.05, 3.63) is 121 Å². The Morgan fingerprint density at radius 3 is 1.94 bits per heavy atom. The zero-order valence-electron chi connectivity index (χ0n) is 17.5. The molecule has 32 heavy (non-hydrogen) atoms. The molecule has 0 aliphatic carbocycles. The number of furan rings is 1. The predicted molar refractivity (Wildman–Crippen MR) is 134 cm³/mol. The summed E-state index contributed by atoms with van der Waals surface area (Å²) >= 11 is 0. The molecule has 0 radical (unpaired) electrons. The highest BCUT2D eigenvalue weighted by atomic mass is 16.3. The van der Waals surface area contributed by atoms with Gasteiger partial charge in [-0.3, -0.25) is 0 Å². The highest BCUT2D eigenvalue weighted by molar-refractivity contribution is 6.12. The van der Waals surface area contributed by atoms with E-state index < -0.39 is 0 Å². The second-order valence-electron chi connectivity index (χ2n) is 7.89. The van der Waals surface area contributed by atoms with Crippen LogP contribution in [-0.4, -0.2) is 0 Å². The number of nitrogens with one attached hydrogen (secondary N) is 1. The van der Waals surface area contributed by atoms with Crippen molar-refractivity contribution in [3.63, 3.8) is 0 Å². The topological polar surface area (TPSA) is 25.2 Å². The molecule has 0 unspecified atom stereocenters. The number of anilines is 2. The molecule has 152 valence electrons. The van der Waals surface area contributed by atoms with Crippen LogP contribution in [-0.2, 0) is 0 Å². The smallest absolute Gasteiger partial charge is 0.137 e. The van der Waals surface area contributed by atoms with Crippen molar-refractivity contribution in [2.45, 2.75) is 0 Å². The van der Waals surface area contributed by atoms with Gasteiger partial charge in [0.25, 0.3) is 0 Å². The van der Waals surface area contributed by atoms with Gasteiger partial charge in [-0.25, -0.2) is 0 Å². The number of para-hydroxylation sites is 1. The highest BCUT2D eigenvalue weighted by Gasteiger charge is 2.13. The Bertz CT molecular complexity index is 1530. The fourth-order valence-corrected chi connectivity index (χ4v) is 4.38. The average molecular weight is 412 g/mol. The van der Waals surface area contributed by atoms with Crippen LogP contribution in [0, 0.1) is 0 Å². The molecule has 6 aromatic rings. The molecule has 0 saturated heterocycles. The number of hydrogen-bond donors (Lipinski definition) is 1. The van der Waals surface area contributed by atoms with Crippen molar-refractivity contribution in [1.29, 1.82) is 0 Å². The minimum absolute atomic E-state index is 0.889. The number of hydrogen-bond acceptors (Lipinski definition) is 2. The molecule has 1 heterocycles. The van der Waals surface area contributed by atoms with Crippen molar-refractivity contribution in [2.75, 3.05) is 5.32 Å². The molecule has 0 atom stereocenters. The van der Waals surface area contributed by atoms with Gasteiger partial charge in [-0.15, -0.1) is 0 Å². The summed E-state index contributed by atoms with van der Waals surface area (Å²) < 4.78 is 6.06. The van der Waals surface area contributed by atoms with Gasteiger partial charge in [-0.05, 0) is 52.6 Å². The summed E-state index contributed by atoms with van der Waals surface area (Å²) in [7, 11) is 0. The highest BCUT2D eigenvalue weighted by Crippen LogP contribution is 2.38. The molecule has 0 saturated carbocycles. The lowest BCUT2D eigenvalue weighted by atomic mass is 9.94. The zero-order valence-corrected chi connectivity index (χ0v) is 17.5. The fourth-order valence-electron chi connectivity index (χ4n) is 4.38. The Kier molecular flexibility index (Phi) is 4.47. The monoisotopic (exact) mass is 411 g/mol. The van der Waals surface area contributed by atoms with E-state index in [1.807, 2.05) is 24.3 Å². The van der Waals surface area contributed by atoms with Gasteiger partial charge in [0.2, 0.25) is 0 Å². The summed E-state index contributed by atoms with van der Waals surface area (Å²) in [6, 6.07) is 42.0. The molecule has 0 spiro atoms. The third-order valence-corrected chi connectivity index (χ3v) is 5.87. The van der Waals surface area contributed by atoms with Crippen LogP contribution in [0.15, 0.2) is 126 Å². The van der Waals surface area contributed by atoms with E-state index in [4.69, 9.17) is 4.42 Å². The van der Waals surface area contributed by atoms with E-state index in [0.29, 0.717) is 0 Å². The van der Waals surface area contributed by atoms with Gasteiger partial charge >= 0.3 is 0 Å². The molecule has 5 aromatic carbocycles. The van der Waals surface area contributed by atoms with Crippen molar-refractivity contribution >= 4 is 33.3 Å². The molecule has 1 N–H and O–H groups in total. The predicted octanol–water partition coefficient (Wildman–Crippen LogP) is 8.66. The summed E-state index contributed by atoms with van der Waals surface area (Å²) in [5.74, 6) is 0. The van der Waals surface area contributed by atoms with E-state index >= 15 is 0 Å². The van der Waals surface area contributed by atoms with Gasteiger partial charge in [0.1, 0.15) is 11.2 Å². The van der Waals surface area contributed by atoms with Gasteiger partial charge < -0.3 is 9.73 Å². The Morgan fingerprint density at radius 1 is 0.500 bits per heavy atom. The standard InChI is InChI=1S/C30H21NO/c1-3-10-21(11-4-1)24-19-18-23(20-26(24)22-12-5-2-6-13-22)31-27-15-9-17-29-30(27)25-14-7-8-16-28(25)32-29/h1-20,31H. The van der Waals surface area contributed by atoms with Crippen LogP contribution in [0.1, 0.15) is 0 Å². The van der Waals surface area contributed by atoms with Crippen LogP contribution in [0.5, 0.6) is 0 Å². The maximum absolute atomic E-state index is 6.06. The van der Waals surface area contributed by atoms with Crippen LogP contribution in [0.2, 0.25) is 0 Å². The van der Waals surface area contributed by atoms with E-state index in [-0.39, 0.29) is 0 Å². The van der Waals surface area contributed by atoms with Crippen molar-refractivity contribution < 1.29 is 4.42 Å². The van der Waals surface area contributed by atoms with Gasteiger partial charge in [0.05, 0.1) is 11.1 Å². The summed E-state index contributed by atoms with van der Waals surface area (Å²) in [6.07, 6.45) is 0. The third kappa shape index (κ3) is 3.23. The molecule has 2 nitrogen and oxygen atoms in total. The summed E-state index contributed by atoms with van der Waals surface area (Å²) in [5, 5.41) is 5.88. The average Bonchev–Trinajstić information content (AvgIpc) is 3.25. The molecule has 0 bridgehead atoms. The zero-order chi connectivity index (χ0) is 21.3. The van der Waals surface area contributed by atoms with E-state index in [0.717, 1.165) is 33.3 Å². The molecule has 2 heteroatoms. The Balaban J connectivity index is 1.49. The molecule has 0 fully saturated rings. The van der Waals surface area contributed by atoms with Crippen LogP contribution in [0.4, 0.5) is 11.4 Å². The lowest BCUT2D eigenvalue weighted by Crippen LogP contribution is -1.93. The van der Waals surface area contributed by atoms with E-state index in [1.54, 1.807) is 0 Å². The normalized spacial score (nSPS) is 11.1. The lowest BCUT2D eigenvalue weighted by Gasteiger charge is -2.14. The maximum Gasteiger partial charge on any atom is 0.137 e. The summed E-state index contributed by atoms with van der Waals surface area (Å²) in [6.45, 7) is 0. The number of benzene rings is 5. The van der Waals surface area contributed by atoms with Crippen LogP contribution < -0.4 is 5.32 Å². The second-order valence-corrected chi connectivity index (χ2v) is 7.89. The van der Waals surface area contributed by atoms with Gasteiger partial charge in [0.15, 0.2) is 0 Å². The van der Waals surface area contributed by atoms with Crippen LogP contribution in [0.25, 0.3) is 44.2 Å². The van der Waals surface area contributed by atoms with E-state index in [2.05, 4.69) is 102 Å². The molecule has 0 aliphatic rings. The number of rotatable bonds is 4. The van der Waals surface area contributed by atoms with Crippen molar-refractivity contribution in [1.82, 2.24) is 0 Å². The second kappa shape index (κ2) is 7.75. The third-order valence-electron chi connectivity index (χ3n) is 5.87. The van der Waals surface area contributed by atoms with Crippen LogP contribution >= 0.6 is 0 Å². The van der Waals surface area contributed by atoms with Crippen LogP contribution in [0.3, 0.4) is 0 Å². The van der Waals surface area contributed by atoms with Crippen molar-refractivity contribution in [3.8, 4) is 22.3 Å². The number of fused-ring (bicyclic) bond motifs is 3.